The second kappa shape index (κ2) is 10.3. The molecular formula is C25H19Cl2N3O3. The van der Waals surface area contributed by atoms with Crippen molar-refractivity contribution in [2.75, 3.05) is 7.11 Å². The van der Waals surface area contributed by atoms with E-state index in [0.717, 1.165) is 16.3 Å². The molecule has 0 aliphatic rings. The molecule has 166 valence electrons. The van der Waals surface area contributed by atoms with E-state index in [-0.39, 0.29) is 10.7 Å². The molecule has 0 atom stereocenters. The Morgan fingerprint density at radius 2 is 1.91 bits per heavy atom. The van der Waals surface area contributed by atoms with Gasteiger partial charge < -0.3 is 9.47 Å². The van der Waals surface area contributed by atoms with Gasteiger partial charge in [0.05, 0.1) is 23.9 Å². The number of hydrogen-bond donors (Lipinski definition) is 1. The van der Waals surface area contributed by atoms with Crippen molar-refractivity contribution in [2.24, 2.45) is 5.10 Å². The molecule has 0 radical (unpaired) electrons. The quantitative estimate of drug-likeness (QED) is 0.203. The predicted molar refractivity (Wildman–Crippen MR) is 131 cm³/mol. The predicted octanol–water partition coefficient (Wildman–Crippen LogP) is 5.89. The van der Waals surface area contributed by atoms with Gasteiger partial charge in [0.1, 0.15) is 11.8 Å². The summed E-state index contributed by atoms with van der Waals surface area (Å²) in [4.78, 5) is 16.1. The number of methoxy groups -OCH3 is 1. The molecule has 3 aromatic carbocycles. The van der Waals surface area contributed by atoms with Gasteiger partial charge in [-0.05, 0) is 46.2 Å². The van der Waals surface area contributed by atoms with Crippen LogP contribution in [0, 0.1) is 0 Å². The number of rotatable bonds is 7. The summed E-state index contributed by atoms with van der Waals surface area (Å²) in [5.41, 5.74) is 4.29. The Kier molecular flexibility index (Phi) is 7.07. The van der Waals surface area contributed by atoms with Crippen molar-refractivity contribution in [1.29, 1.82) is 0 Å². The third-order valence-corrected chi connectivity index (χ3v) is 5.47. The van der Waals surface area contributed by atoms with Crippen LogP contribution >= 0.6 is 23.2 Å². The summed E-state index contributed by atoms with van der Waals surface area (Å²) in [6.07, 6.45) is 2.95. The van der Waals surface area contributed by atoms with Crippen molar-refractivity contribution in [3.63, 3.8) is 0 Å². The first-order valence-corrected chi connectivity index (χ1v) is 10.7. The van der Waals surface area contributed by atoms with Crippen molar-refractivity contribution in [3.8, 4) is 11.5 Å². The normalized spacial score (nSPS) is 11.0. The highest BCUT2D eigenvalue weighted by atomic mass is 35.5. The average molecular weight is 480 g/mol. The Labute approximate surface area is 200 Å². The van der Waals surface area contributed by atoms with E-state index in [1.165, 1.54) is 19.5 Å². The Morgan fingerprint density at radius 1 is 1.09 bits per heavy atom. The molecule has 0 saturated heterocycles. The molecule has 1 amide bonds. The molecule has 0 aliphatic heterocycles. The smallest absolute Gasteiger partial charge is 0.274 e. The number of ether oxygens (including phenoxy) is 2. The number of fused-ring (bicyclic) bond motifs is 1. The van der Waals surface area contributed by atoms with Crippen LogP contribution in [-0.4, -0.2) is 24.2 Å². The van der Waals surface area contributed by atoms with Crippen LogP contribution in [-0.2, 0) is 6.61 Å². The van der Waals surface area contributed by atoms with Crippen LogP contribution in [0.4, 0.5) is 0 Å². The fraction of sp³-hybridized carbons (Fsp3) is 0.0800. The van der Waals surface area contributed by atoms with E-state index in [4.69, 9.17) is 32.7 Å². The number of aromatic nitrogens is 1. The molecule has 0 spiro atoms. The zero-order chi connectivity index (χ0) is 23.2. The third kappa shape index (κ3) is 5.25. The number of nitrogens with zero attached hydrogens (tertiary/aromatic N) is 2. The van der Waals surface area contributed by atoms with E-state index < -0.39 is 5.91 Å². The minimum absolute atomic E-state index is 0.0996. The molecule has 0 fully saturated rings. The number of hydrogen-bond acceptors (Lipinski definition) is 5. The van der Waals surface area contributed by atoms with Gasteiger partial charge in [-0.3, -0.25) is 4.79 Å². The number of carbonyl (C=O) groups excluding carboxylic acids is 1. The highest BCUT2D eigenvalue weighted by molar-refractivity contribution is 6.33. The fourth-order valence-electron chi connectivity index (χ4n) is 3.30. The van der Waals surface area contributed by atoms with E-state index >= 15 is 0 Å². The van der Waals surface area contributed by atoms with E-state index in [1.807, 2.05) is 24.3 Å². The molecule has 0 aliphatic carbocycles. The van der Waals surface area contributed by atoms with Gasteiger partial charge >= 0.3 is 0 Å². The first kappa shape index (κ1) is 22.6. The summed E-state index contributed by atoms with van der Waals surface area (Å²) in [7, 11) is 1.53. The summed E-state index contributed by atoms with van der Waals surface area (Å²) in [5, 5.41) is 6.68. The van der Waals surface area contributed by atoms with Crippen LogP contribution in [0.15, 0.2) is 78.0 Å². The molecule has 8 heteroatoms. The minimum atomic E-state index is -0.475. The maximum absolute atomic E-state index is 12.2. The van der Waals surface area contributed by atoms with Crippen molar-refractivity contribution >= 4 is 46.1 Å². The topological polar surface area (TPSA) is 72.8 Å². The third-order valence-electron chi connectivity index (χ3n) is 4.89. The Morgan fingerprint density at radius 3 is 2.73 bits per heavy atom. The second-order valence-corrected chi connectivity index (χ2v) is 7.77. The van der Waals surface area contributed by atoms with E-state index in [0.29, 0.717) is 28.7 Å². The zero-order valence-electron chi connectivity index (χ0n) is 17.6. The van der Waals surface area contributed by atoms with Crippen LogP contribution in [0.5, 0.6) is 11.5 Å². The highest BCUT2D eigenvalue weighted by Crippen LogP contribution is 2.37. The van der Waals surface area contributed by atoms with Crippen molar-refractivity contribution in [1.82, 2.24) is 10.4 Å². The van der Waals surface area contributed by atoms with Gasteiger partial charge in [-0.2, -0.15) is 5.10 Å². The summed E-state index contributed by atoms with van der Waals surface area (Å²) >= 11 is 12.4. The summed E-state index contributed by atoms with van der Waals surface area (Å²) in [5.74, 6) is 0.402. The van der Waals surface area contributed by atoms with Gasteiger partial charge in [-0.25, -0.2) is 10.4 Å². The Bertz CT molecular complexity index is 1340. The second-order valence-electron chi connectivity index (χ2n) is 7.00. The highest BCUT2D eigenvalue weighted by Gasteiger charge is 2.13. The molecular weight excluding hydrogens is 461 g/mol. The average Bonchev–Trinajstić information content (AvgIpc) is 2.83. The van der Waals surface area contributed by atoms with Gasteiger partial charge in [-0.15, -0.1) is 0 Å². The first-order valence-electron chi connectivity index (χ1n) is 9.97. The number of nitrogens with one attached hydrogen (secondary N) is 1. The molecule has 1 N–H and O–H groups in total. The fourth-order valence-corrected chi connectivity index (χ4v) is 3.78. The van der Waals surface area contributed by atoms with Crippen molar-refractivity contribution in [2.45, 2.75) is 6.61 Å². The van der Waals surface area contributed by atoms with E-state index in [9.17, 15) is 4.79 Å². The number of carbonyl (C=O) groups is 1. The largest absolute Gasteiger partial charge is 0.493 e. The molecule has 4 rings (SSSR count). The Balaban J connectivity index is 1.49. The van der Waals surface area contributed by atoms with Crippen LogP contribution in [0.25, 0.3) is 10.8 Å². The standard InChI is InChI=1S/C25H19Cl2N3O3/c1-32-22-13-16(14-29-30-25(31)20-10-5-11-28-24(20)27)12-21(26)23(22)33-15-18-8-4-7-17-6-2-3-9-19(17)18/h2-14H,15H2,1H3,(H,30,31). The molecule has 0 bridgehead atoms. The van der Waals surface area contributed by atoms with Crippen molar-refractivity contribution in [3.05, 3.63) is 99.8 Å². The maximum atomic E-state index is 12.2. The molecule has 0 unspecified atom stereocenters. The van der Waals surface area contributed by atoms with Gasteiger partial charge in [-0.1, -0.05) is 65.7 Å². The maximum Gasteiger partial charge on any atom is 0.274 e. The lowest BCUT2D eigenvalue weighted by atomic mass is 10.1. The number of pyridine rings is 1. The SMILES string of the molecule is COc1cc(C=NNC(=O)c2cccnc2Cl)cc(Cl)c1OCc1cccc2ccccc12. The molecule has 1 heterocycles. The van der Waals surface area contributed by atoms with Crippen LogP contribution < -0.4 is 14.9 Å². The van der Waals surface area contributed by atoms with Gasteiger partial charge in [0, 0.05) is 6.20 Å². The lowest BCUT2D eigenvalue weighted by Crippen LogP contribution is -2.18. The van der Waals surface area contributed by atoms with Crippen molar-refractivity contribution < 1.29 is 14.3 Å². The molecule has 33 heavy (non-hydrogen) atoms. The molecule has 0 saturated carbocycles. The molecule has 1 aromatic heterocycles. The van der Waals surface area contributed by atoms with E-state index in [1.54, 1.807) is 24.3 Å². The Hall–Kier alpha value is -3.61. The monoisotopic (exact) mass is 479 g/mol. The number of benzene rings is 3. The molecule has 6 nitrogen and oxygen atoms in total. The summed E-state index contributed by atoms with van der Waals surface area (Å²) < 4.78 is 11.5. The van der Waals surface area contributed by atoms with Crippen LogP contribution in [0.3, 0.4) is 0 Å². The van der Waals surface area contributed by atoms with Gasteiger partial charge in [0.2, 0.25) is 0 Å². The van der Waals surface area contributed by atoms with Crippen LogP contribution in [0.2, 0.25) is 10.2 Å². The van der Waals surface area contributed by atoms with Gasteiger partial charge in [0.25, 0.3) is 5.91 Å². The lowest BCUT2D eigenvalue weighted by Gasteiger charge is -2.14. The molecule has 4 aromatic rings. The summed E-state index contributed by atoms with van der Waals surface area (Å²) in [6, 6.07) is 20.7. The summed E-state index contributed by atoms with van der Waals surface area (Å²) in [6.45, 7) is 0.326. The lowest BCUT2D eigenvalue weighted by molar-refractivity contribution is 0.0955. The van der Waals surface area contributed by atoms with Gasteiger partial charge in [0.15, 0.2) is 11.5 Å². The number of hydrazone groups is 1. The number of halogens is 2. The van der Waals surface area contributed by atoms with Crippen LogP contribution in [0.1, 0.15) is 21.5 Å². The number of amides is 1. The minimum Gasteiger partial charge on any atom is -0.493 e. The zero-order valence-corrected chi connectivity index (χ0v) is 19.1. The first-order chi connectivity index (χ1) is 16.1. The van der Waals surface area contributed by atoms with E-state index in [2.05, 4.69) is 33.7 Å².